The van der Waals surface area contributed by atoms with E-state index in [1.807, 2.05) is 5.32 Å². The van der Waals surface area contributed by atoms with Gasteiger partial charge in [-0.25, -0.2) is 9.18 Å². The van der Waals surface area contributed by atoms with Crippen LogP contribution < -0.4 is 10.6 Å². The molecule has 1 fully saturated rings. The van der Waals surface area contributed by atoms with E-state index in [0.29, 0.717) is 0 Å². The lowest BCUT2D eigenvalue weighted by atomic mass is 9.76. The van der Waals surface area contributed by atoms with Crippen molar-refractivity contribution in [1.29, 1.82) is 0 Å². The molecule has 0 spiro atoms. The standard InChI is InChI=1S/C18H14F4N2O3/c19-12-9-5-4-8-11(12)14-13(15(25)18(20,21)22)17(27,24-16(26)23-14)10-6-2-1-3-7-10/h1-9,13-14,27H,(H2,23,24,26)/t13-,14+,17+/m1/s1. The molecule has 1 saturated heterocycles. The molecule has 0 unspecified atom stereocenters. The summed E-state index contributed by atoms with van der Waals surface area (Å²) in [4.78, 5) is 24.3. The number of aliphatic hydroxyl groups is 1. The highest BCUT2D eigenvalue weighted by Crippen LogP contribution is 2.43. The van der Waals surface area contributed by atoms with Gasteiger partial charge >= 0.3 is 12.2 Å². The quantitative estimate of drug-likeness (QED) is 0.715. The molecule has 27 heavy (non-hydrogen) atoms. The van der Waals surface area contributed by atoms with Gasteiger partial charge in [-0.15, -0.1) is 0 Å². The Morgan fingerprint density at radius 3 is 2.22 bits per heavy atom. The van der Waals surface area contributed by atoms with Crippen LogP contribution >= 0.6 is 0 Å². The molecule has 1 aliphatic heterocycles. The number of benzene rings is 2. The van der Waals surface area contributed by atoms with Crippen molar-refractivity contribution in [3.8, 4) is 0 Å². The molecule has 2 amide bonds. The second-order valence-electron chi connectivity index (χ2n) is 6.07. The summed E-state index contributed by atoms with van der Waals surface area (Å²) >= 11 is 0. The van der Waals surface area contributed by atoms with Crippen LogP contribution in [-0.2, 0) is 10.5 Å². The molecule has 142 valence electrons. The first kappa shape index (κ1) is 18.8. The van der Waals surface area contributed by atoms with E-state index in [0.717, 1.165) is 12.1 Å². The Bertz CT molecular complexity index is 872. The minimum absolute atomic E-state index is 0.135. The van der Waals surface area contributed by atoms with Crippen molar-refractivity contribution in [2.45, 2.75) is 17.9 Å². The van der Waals surface area contributed by atoms with E-state index in [1.165, 1.54) is 36.4 Å². The van der Waals surface area contributed by atoms with Gasteiger partial charge in [-0.1, -0.05) is 48.5 Å². The van der Waals surface area contributed by atoms with Crippen LogP contribution in [0.4, 0.5) is 22.4 Å². The highest BCUT2D eigenvalue weighted by atomic mass is 19.4. The molecule has 3 N–H and O–H groups in total. The third-order valence-corrected chi connectivity index (χ3v) is 4.39. The van der Waals surface area contributed by atoms with E-state index in [2.05, 4.69) is 5.32 Å². The maximum absolute atomic E-state index is 14.2. The number of carbonyl (C=O) groups excluding carboxylic acids is 2. The van der Waals surface area contributed by atoms with Crippen LogP contribution in [0.15, 0.2) is 54.6 Å². The highest BCUT2D eigenvalue weighted by Gasteiger charge is 2.59. The molecule has 1 heterocycles. The fourth-order valence-electron chi connectivity index (χ4n) is 3.20. The Labute approximate surface area is 151 Å². The first-order valence-corrected chi connectivity index (χ1v) is 7.86. The molecule has 2 aromatic rings. The number of ketones is 1. The zero-order valence-electron chi connectivity index (χ0n) is 13.6. The first-order chi connectivity index (χ1) is 12.6. The van der Waals surface area contributed by atoms with Crippen molar-refractivity contribution in [2.24, 2.45) is 5.92 Å². The first-order valence-electron chi connectivity index (χ1n) is 7.86. The summed E-state index contributed by atoms with van der Waals surface area (Å²) in [6.45, 7) is 0. The lowest BCUT2D eigenvalue weighted by molar-refractivity contribution is -0.190. The summed E-state index contributed by atoms with van der Waals surface area (Å²) in [6.07, 6.45) is -5.32. The van der Waals surface area contributed by atoms with E-state index >= 15 is 0 Å². The highest BCUT2D eigenvalue weighted by molar-refractivity contribution is 5.91. The van der Waals surface area contributed by atoms with Crippen LogP contribution in [0.2, 0.25) is 0 Å². The maximum atomic E-state index is 14.2. The third kappa shape index (κ3) is 3.37. The second kappa shape index (κ2) is 6.66. The van der Waals surface area contributed by atoms with Crippen molar-refractivity contribution < 1.29 is 32.3 Å². The summed E-state index contributed by atoms with van der Waals surface area (Å²) in [5, 5.41) is 15.1. The predicted molar refractivity (Wildman–Crippen MR) is 85.7 cm³/mol. The molecule has 9 heteroatoms. The Morgan fingerprint density at radius 1 is 1.04 bits per heavy atom. The van der Waals surface area contributed by atoms with Crippen molar-refractivity contribution >= 4 is 11.8 Å². The van der Waals surface area contributed by atoms with Gasteiger partial charge in [0.2, 0.25) is 5.78 Å². The summed E-state index contributed by atoms with van der Waals surface area (Å²) < 4.78 is 54.1. The van der Waals surface area contributed by atoms with Crippen LogP contribution in [0.5, 0.6) is 0 Å². The number of alkyl halides is 3. The van der Waals surface area contributed by atoms with Crippen LogP contribution in [0, 0.1) is 11.7 Å². The van der Waals surface area contributed by atoms with Crippen molar-refractivity contribution in [2.75, 3.05) is 0 Å². The number of urea groups is 1. The van der Waals surface area contributed by atoms with Gasteiger partial charge in [-0.3, -0.25) is 4.79 Å². The number of halogens is 4. The lowest BCUT2D eigenvalue weighted by Crippen LogP contribution is -2.66. The monoisotopic (exact) mass is 382 g/mol. The molecular weight excluding hydrogens is 368 g/mol. The minimum Gasteiger partial charge on any atom is -0.366 e. The van der Waals surface area contributed by atoms with Crippen LogP contribution in [0.1, 0.15) is 17.2 Å². The van der Waals surface area contributed by atoms with Crippen LogP contribution in [0.3, 0.4) is 0 Å². The normalized spacial score (nSPS) is 25.4. The van der Waals surface area contributed by atoms with Crippen molar-refractivity contribution in [3.63, 3.8) is 0 Å². The van der Waals surface area contributed by atoms with Gasteiger partial charge in [0.15, 0.2) is 5.72 Å². The molecule has 0 aliphatic carbocycles. The molecule has 3 rings (SSSR count). The summed E-state index contributed by atoms with van der Waals surface area (Å²) in [7, 11) is 0. The van der Waals surface area contributed by atoms with Gasteiger partial charge < -0.3 is 15.7 Å². The molecule has 1 aliphatic rings. The van der Waals surface area contributed by atoms with Gasteiger partial charge in [0.05, 0.1) is 6.04 Å². The largest absolute Gasteiger partial charge is 0.450 e. The third-order valence-electron chi connectivity index (χ3n) is 4.39. The SMILES string of the molecule is O=C1N[C@@H](c2ccccc2F)[C@H](C(=O)C(F)(F)F)[C@@](O)(c2ccccc2)N1. The van der Waals surface area contributed by atoms with Crippen molar-refractivity contribution in [1.82, 2.24) is 10.6 Å². The molecule has 0 bridgehead atoms. The predicted octanol–water partition coefficient (Wildman–Crippen LogP) is 2.77. The Hall–Kier alpha value is -2.94. The van der Waals surface area contributed by atoms with Gasteiger partial charge in [0.1, 0.15) is 11.7 Å². The number of amides is 2. The van der Waals surface area contributed by atoms with Crippen molar-refractivity contribution in [3.05, 3.63) is 71.5 Å². The maximum Gasteiger partial charge on any atom is 0.450 e. The van der Waals surface area contributed by atoms with E-state index in [1.54, 1.807) is 6.07 Å². The fourth-order valence-corrected chi connectivity index (χ4v) is 3.20. The van der Waals surface area contributed by atoms with Crippen LogP contribution in [0.25, 0.3) is 0 Å². The molecule has 5 nitrogen and oxygen atoms in total. The average Bonchev–Trinajstić information content (AvgIpc) is 2.61. The van der Waals surface area contributed by atoms with E-state index in [-0.39, 0.29) is 11.1 Å². The van der Waals surface area contributed by atoms with Crippen LogP contribution in [-0.4, -0.2) is 23.1 Å². The van der Waals surface area contributed by atoms with Gasteiger partial charge in [-0.2, -0.15) is 13.2 Å². The number of Topliss-reactive ketones (excluding diaryl/α,β-unsaturated/α-hetero) is 1. The van der Waals surface area contributed by atoms with Gasteiger partial charge in [0.25, 0.3) is 0 Å². The van der Waals surface area contributed by atoms with E-state index in [4.69, 9.17) is 0 Å². The zero-order valence-corrected chi connectivity index (χ0v) is 13.6. The molecular formula is C18H14F4N2O3. The Balaban J connectivity index is 2.21. The number of hydrogen-bond acceptors (Lipinski definition) is 3. The number of nitrogens with one attached hydrogen (secondary N) is 2. The minimum atomic E-state index is -5.32. The molecule has 3 atom stereocenters. The van der Waals surface area contributed by atoms with Gasteiger partial charge in [-0.05, 0) is 6.07 Å². The zero-order chi connectivity index (χ0) is 19.8. The molecule has 0 aromatic heterocycles. The number of carbonyl (C=O) groups is 2. The second-order valence-corrected chi connectivity index (χ2v) is 6.07. The smallest absolute Gasteiger partial charge is 0.366 e. The Morgan fingerprint density at radius 2 is 1.63 bits per heavy atom. The lowest BCUT2D eigenvalue weighted by Gasteiger charge is -2.45. The number of rotatable bonds is 3. The van der Waals surface area contributed by atoms with E-state index in [9.17, 15) is 32.3 Å². The molecule has 0 radical (unpaired) electrons. The van der Waals surface area contributed by atoms with Gasteiger partial charge in [0, 0.05) is 11.1 Å². The van der Waals surface area contributed by atoms with E-state index < -0.39 is 41.5 Å². The summed E-state index contributed by atoms with van der Waals surface area (Å²) in [6, 6.07) is 8.94. The number of hydrogen-bond donors (Lipinski definition) is 3. The fraction of sp³-hybridized carbons (Fsp3) is 0.222. The Kier molecular flexibility index (Phi) is 4.64. The molecule has 2 aromatic carbocycles. The average molecular weight is 382 g/mol. The summed E-state index contributed by atoms with van der Waals surface area (Å²) in [5.41, 5.74) is -3.17. The topological polar surface area (TPSA) is 78.4 Å². The summed E-state index contributed by atoms with van der Waals surface area (Å²) in [5.74, 6) is -5.47. The molecule has 0 saturated carbocycles.